The van der Waals surface area contributed by atoms with Gasteiger partial charge in [0.15, 0.2) is 0 Å². The van der Waals surface area contributed by atoms with Crippen molar-refractivity contribution < 1.29 is 9.59 Å². The fourth-order valence-electron chi connectivity index (χ4n) is 2.29. The van der Waals surface area contributed by atoms with Crippen LogP contribution >= 0.6 is 0 Å². The molecule has 0 aliphatic heterocycles. The third-order valence-corrected chi connectivity index (χ3v) is 3.93. The van der Waals surface area contributed by atoms with E-state index in [1.54, 1.807) is 24.3 Å². The van der Waals surface area contributed by atoms with Crippen LogP contribution in [0, 0.1) is 6.92 Å². The zero-order valence-corrected chi connectivity index (χ0v) is 14.9. The highest BCUT2D eigenvalue weighted by molar-refractivity contribution is 5.95. The molecule has 3 N–H and O–H groups in total. The molecule has 2 rings (SSSR count). The number of nitrogens with one attached hydrogen (secondary N) is 3. The van der Waals surface area contributed by atoms with E-state index in [4.69, 9.17) is 0 Å². The van der Waals surface area contributed by atoms with E-state index in [2.05, 4.69) is 16.0 Å². The normalized spacial score (nSPS) is 11.5. The van der Waals surface area contributed by atoms with Crippen LogP contribution in [0.15, 0.2) is 48.5 Å². The summed E-state index contributed by atoms with van der Waals surface area (Å²) in [6.45, 7) is 6.46. The molecule has 5 nitrogen and oxygen atoms in total. The number of carbonyl (C=O) groups is 2. The predicted molar refractivity (Wildman–Crippen MR) is 101 cm³/mol. The Bertz CT molecular complexity index is 726. The van der Waals surface area contributed by atoms with Gasteiger partial charge in [0.25, 0.3) is 5.91 Å². The van der Waals surface area contributed by atoms with Gasteiger partial charge in [-0.25, -0.2) is 4.79 Å². The molecule has 25 heavy (non-hydrogen) atoms. The number of amides is 3. The van der Waals surface area contributed by atoms with Crippen LogP contribution < -0.4 is 16.0 Å². The van der Waals surface area contributed by atoms with E-state index in [0.717, 1.165) is 17.5 Å². The third-order valence-electron chi connectivity index (χ3n) is 3.93. The molecule has 0 aromatic heterocycles. The lowest BCUT2D eigenvalue weighted by Crippen LogP contribution is -2.32. The second-order valence-electron chi connectivity index (χ2n) is 6.16. The van der Waals surface area contributed by atoms with Crippen LogP contribution in [-0.2, 0) is 6.54 Å². The van der Waals surface area contributed by atoms with Crippen LogP contribution in [-0.4, -0.2) is 18.0 Å². The quantitative estimate of drug-likeness (QED) is 0.748. The van der Waals surface area contributed by atoms with Gasteiger partial charge in [-0.3, -0.25) is 4.79 Å². The monoisotopic (exact) mass is 339 g/mol. The van der Waals surface area contributed by atoms with E-state index >= 15 is 0 Å². The summed E-state index contributed by atoms with van der Waals surface area (Å²) in [5, 5.41) is 8.49. The van der Waals surface area contributed by atoms with Gasteiger partial charge in [0.2, 0.25) is 0 Å². The Morgan fingerprint density at radius 2 is 1.80 bits per heavy atom. The summed E-state index contributed by atoms with van der Waals surface area (Å²) in [6.07, 6.45) is 0.881. The summed E-state index contributed by atoms with van der Waals surface area (Å²) in [5.41, 5.74) is 3.42. The fraction of sp³-hybridized carbons (Fsp3) is 0.300. The molecule has 0 aliphatic rings. The van der Waals surface area contributed by atoms with E-state index < -0.39 is 0 Å². The van der Waals surface area contributed by atoms with Gasteiger partial charge in [0.1, 0.15) is 0 Å². The minimum atomic E-state index is -0.279. The van der Waals surface area contributed by atoms with Gasteiger partial charge < -0.3 is 16.0 Å². The first kappa shape index (κ1) is 18.5. The Labute approximate surface area is 148 Å². The molecular formula is C20H25N3O2. The Morgan fingerprint density at radius 3 is 2.44 bits per heavy atom. The molecule has 0 saturated carbocycles. The lowest BCUT2D eigenvalue weighted by molar-refractivity contribution is 0.0939. The first-order valence-electron chi connectivity index (χ1n) is 8.49. The van der Waals surface area contributed by atoms with Crippen molar-refractivity contribution in [3.05, 3.63) is 65.2 Å². The molecular weight excluding hydrogens is 314 g/mol. The van der Waals surface area contributed by atoms with Crippen LogP contribution in [0.4, 0.5) is 10.5 Å². The summed E-state index contributed by atoms with van der Waals surface area (Å²) in [7, 11) is 0. The highest BCUT2D eigenvalue weighted by Crippen LogP contribution is 2.10. The zero-order valence-electron chi connectivity index (χ0n) is 14.9. The van der Waals surface area contributed by atoms with Crippen molar-refractivity contribution in [1.29, 1.82) is 0 Å². The smallest absolute Gasteiger partial charge is 0.319 e. The van der Waals surface area contributed by atoms with Crippen LogP contribution in [0.3, 0.4) is 0 Å². The first-order valence-corrected chi connectivity index (χ1v) is 8.49. The van der Waals surface area contributed by atoms with E-state index in [0.29, 0.717) is 17.8 Å². The Morgan fingerprint density at radius 1 is 1.08 bits per heavy atom. The lowest BCUT2D eigenvalue weighted by atomic mass is 10.1. The maximum Gasteiger partial charge on any atom is 0.319 e. The molecule has 2 aromatic carbocycles. The second kappa shape index (κ2) is 8.87. The summed E-state index contributed by atoms with van der Waals surface area (Å²) < 4.78 is 0. The Balaban J connectivity index is 1.85. The number of hydrogen-bond acceptors (Lipinski definition) is 2. The maximum absolute atomic E-state index is 12.0. The SMILES string of the molecule is CCC(C)NC(=O)c1ccc(NC(=O)NCc2cccc(C)c2)cc1. The first-order chi connectivity index (χ1) is 12.0. The van der Waals surface area contributed by atoms with Crippen molar-refractivity contribution in [1.82, 2.24) is 10.6 Å². The van der Waals surface area contributed by atoms with Gasteiger partial charge in [0, 0.05) is 23.8 Å². The van der Waals surface area contributed by atoms with Crippen molar-refractivity contribution in [2.75, 3.05) is 5.32 Å². The van der Waals surface area contributed by atoms with Crippen LogP contribution in [0.1, 0.15) is 41.8 Å². The third kappa shape index (κ3) is 5.95. The molecule has 0 aliphatic carbocycles. The molecule has 132 valence electrons. The predicted octanol–water partition coefficient (Wildman–Crippen LogP) is 3.85. The van der Waals surface area contributed by atoms with E-state index in [1.165, 1.54) is 0 Å². The largest absolute Gasteiger partial charge is 0.350 e. The molecule has 5 heteroatoms. The van der Waals surface area contributed by atoms with E-state index in [9.17, 15) is 9.59 Å². The zero-order chi connectivity index (χ0) is 18.2. The van der Waals surface area contributed by atoms with Gasteiger partial charge in [-0.1, -0.05) is 36.8 Å². The molecule has 0 saturated heterocycles. The van der Waals surface area contributed by atoms with Crippen molar-refractivity contribution in [3.8, 4) is 0 Å². The van der Waals surface area contributed by atoms with Gasteiger partial charge in [-0.05, 0) is 50.1 Å². The van der Waals surface area contributed by atoms with Crippen LogP contribution in [0.2, 0.25) is 0 Å². The minimum Gasteiger partial charge on any atom is -0.350 e. The van der Waals surface area contributed by atoms with Gasteiger partial charge >= 0.3 is 6.03 Å². The van der Waals surface area contributed by atoms with E-state index in [1.807, 2.05) is 45.0 Å². The summed E-state index contributed by atoms with van der Waals surface area (Å²) in [4.78, 5) is 24.0. The van der Waals surface area contributed by atoms with E-state index in [-0.39, 0.29) is 18.0 Å². The number of rotatable bonds is 6. The summed E-state index contributed by atoms with van der Waals surface area (Å²) in [6, 6.07) is 14.7. The number of hydrogen-bond donors (Lipinski definition) is 3. The number of aryl methyl sites for hydroxylation is 1. The molecule has 2 aromatic rings. The molecule has 0 heterocycles. The molecule has 0 radical (unpaired) electrons. The average Bonchev–Trinajstić information content (AvgIpc) is 2.60. The lowest BCUT2D eigenvalue weighted by Gasteiger charge is -2.12. The Kier molecular flexibility index (Phi) is 6.57. The van der Waals surface area contributed by atoms with Crippen molar-refractivity contribution in [2.24, 2.45) is 0 Å². The highest BCUT2D eigenvalue weighted by atomic mass is 16.2. The maximum atomic E-state index is 12.0. The number of urea groups is 1. The standard InChI is InChI=1S/C20H25N3O2/c1-4-15(3)22-19(24)17-8-10-18(11-9-17)23-20(25)21-13-16-7-5-6-14(2)12-16/h5-12,15H,4,13H2,1-3H3,(H,22,24)(H2,21,23,25). The number of benzene rings is 2. The molecule has 0 spiro atoms. The highest BCUT2D eigenvalue weighted by Gasteiger charge is 2.09. The topological polar surface area (TPSA) is 70.2 Å². The van der Waals surface area contributed by atoms with Crippen LogP contribution in [0.5, 0.6) is 0 Å². The summed E-state index contributed by atoms with van der Waals surface area (Å²) >= 11 is 0. The molecule has 0 bridgehead atoms. The average molecular weight is 339 g/mol. The second-order valence-corrected chi connectivity index (χ2v) is 6.16. The Hall–Kier alpha value is -2.82. The molecule has 3 amide bonds. The molecule has 1 atom stereocenters. The number of carbonyl (C=O) groups excluding carboxylic acids is 2. The minimum absolute atomic E-state index is 0.107. The van der Waals surface area contributed by atoms with Gasteiger partial charge in [-0.2, -0.15) is 0 Å². The number of anilines is 1. The fourth-order valence-corrected chi connectivity index (χ4v) is 2.29. The summed E-state index contributed by atoms with van der Waals surface area (Å²) in [5.74, 6) is -0.107. The molecule has 1 unspecified atom stereocenters. The van der Waals surface area contributed by atoms with Crippen molar-refractivity contribution >= 4 is 17.6 Å². The van der Waals surface area contributed by atoms with Crippen molar-refractivity contribution in [3.63, 3.8) is 0 Å². The molecule has 0 fully saturated rings. The van der Waals surface area contributed by atoms with Crippen molar-refractivity contribution in [2.45, 2.75) is 39.8 Å². The van der Waals surface area contributed by atoms with Gasteiger partial charge in [0.05, 0.1) is 0 Å². The van der Waals surface area contributed by atoms with Crippen LogP contribution in [0.25, 0.3) is 0 Å². The van der Waals surface area contributed by atoms with Gasteiger partial charge in [-0.15, -0.1) is 0 Å².